The Bertz CT molecular complexity index is 1040. The maximum atomic E-state index is 12.3. The maximum absolute atomic E-state index is 12.3. The fraction of sp³-hybridized carbons (Fsp3) is 0.312. The number of H-pyrrole nitrogens is 2. The van der Waals surface area contributed by atoms with Gasteiger partial charge >= 0.3 is 0 Å². The molecule has 25 heavy (non-hydrogen) atoms. The molecule has 2 heterocycles. The number of ether oxygens (including phenoxy) is 1. The molecule has 8 nitrogen and oxygen atoms in total. The van der Waals surface area contributed by atoms with E-state index in [1.807, 2.05) is 13.8 Å². The predicted molar refractivity (Wildman–Crippen MR) is 93.7 cm³/mol. The van der Waals surface area contributed by atoms with Crippen LogP contribution in [0, 0.1) is 0 Å². The summed E-state index contributed by atoms with van der Waals surface area (Å²) in [5.41, 5.74) is 1.58. The van der Waals surface area contributed by atoms with Crippen LogP contribution >= 0.6 is 0 Å². The van der Waals surface area contributed by atoms with Gasteiger partial charge in [0.25, 0.3) is 5.56 Å². The van der Waals surface area contributed by atoms with E-state index in [0.717, 1.165) is 12.1 Å². The van der Waals surface area contributed by atoms with Crippen LogP contribution in [0.1, 0.15) is 26.0 Å². The van der Waals surface area contributed by atoms with E-state index in [1.165, 1.54) is 12.1 Å². The topological polar surface area (TPSA) is 118 Å². The molecular formula is C16H18N4O4S. The molecule has 0 aliphatic rings. The summed E-state index contributed by atoms with van der Waals surface area (Å²) in [5.74, 6) is 0.699. The lowest BCUT2D eigenvalue weighted by molar-refractivity contribution is 0.341. The summed E-state index contributed by atoms with van der Waals surface area (Å²) < 4.78 is 28.2. The van der Waals surface area contributed by atoms with Crippen molar-refractivity contribution in [2.75, 3.05) is 6.61 Å². The smallest absolute Gasteiger partial charge is 0.299 e. The Labute approximate surface area is 145 Å². The first kappa shape index (κ1) is 17.2. The van der Waals surface area contributed by atoms with Crippen molar-refractivity contribution < 1.29 is 13.2 Å². The normalized spacial score (nSPS) is 11.3. The predicted octanol–water partition coefficient (Wildman–Crippen LogP) is 1.63. The van der Waals surface area contributed by atoms with Crippen LogP contribution in [0.25, 0.3) is 22.4 Å². The van der Waals surface area contributed by atoms with Crippen molar-refractivity contribution >= 4 is 21.7 Å². The zero-order valence-electron chi connectivity index (χ0n) is 13.8. The van der Waals surface area contributed by atoms with Crippen molar-refractivity contribution in [3.05, 3.63) is 34.2 Å². The van der Waals surface area contributed by atoms with Crippen LogP contribution in [0.5, 0.6) is 5.75 Å². The third kappa shape index (κ3) is 3.27. The zero-order valence-corrected chi connectivity index (χ0v) is 14.7. The molecule has 0 bridgehead atoms. The lowest BCUT2D eigenvalue weighted by Gasteiger charge is -2.10. The number of rotatable bonds is 6. The quantitative estimate of drug-likeness (QED) is 0.574. The molecule has 0 saturated carbocycles. The van der Waals surface area contributed by atoms with E-state index < -0.39 is 16.3 Å². The van der Waals surface area contributed by atoms with Crippen LogP contribution < -0.4 is 10.3 Å². The molecule has 0 atom stereocenters. The molecule has 132 valence electrons. The third-order valence-electron chi connectivity index (χ3n) is 3.73. The van der Waals surface area contributed by atoms with Crippen molar-refractivity contribution in [3.63, 3.8) is 0 Å². The highest BCUT2D eigenvalue weighted by atomic mass is 32.2. The molecule has 3 aromatic rings. The lowest BCUT2D eigenvalue weighted by atomic mass is 10.1. The molecule has 0 amide bonds. The van der Waals surface area contributed by atoms with E-state index in [2.05, 4.69) is 20.2 Å². The SMILES string of the molecule is CCCc1n[nH]c2c(=O)nc(-c3cc([SH](=O)=O)ccc3OCC)[nH]c12. The zero-order chi connectivity index (χ0) is 18.0. The van der Waals surface area contributed by atoms with Gasteiger partial charge in [-0.2, -0.15) is 10.1 Å². The van der Waals surface area contributed by atoms with Crippen LogP contribution in [-0.2, 0) is 17.1 Å². The first-order chi connectivity index (χ1) is 12.0. The molecule has 0 saturated heterocycles. The molecule has 9 heteroatoms. The molecule has 0 aliphatic heterocycles. The Morgan fingerprint density at radius 1 is 1.20 bits per heavy atom. The summed E-state index contributed by atoms with van der Waals surface area (Å²) in [5, 5.41) is 6.87. The minimum Gasteiger partial charge on any atom is -0.493 e. The average molecular weight is 362 g/mol. The van der Waals surface area contributed by atoms with Gasteiger partial charge in [0.1, 0.15) is 17.1 Å². The summed E-state index contributed by atoms with van der Waals surface area (Å²) in [6.45, 7) is 4.23. The van der Waals surface area contributed by atoms with Gasteiger partial charge < -0.3 is 9.72 Å². The Balaban J connectivity index is 2.26. The highest BCUT2D eigenvalue weighted by Crippen LogP contribution is 2.29. The molecule has 3 rings (SSSR count). The number of hydrogen-bond donors (Lipinski definition) is 3. The van der Waals surface area contributed by atoms with E-state index in [0.29, 0.717) is 35.4 Å². The van der Waals surface area contributed by atoms with Crippen molar-refractivity contribution in [2.24, 2.45) is 0 Å². The molecule has 0 spiro atoms. The van der Waals surface area contributed by atoms with E-state index >= 15 is 0 Å². The molecule has 2 aromatic heterocycles. The highest BCUT2D eigenvalue weighted by Gasteiger charge is 2.16. The Morgan fingerprint density at radius 2 is 2.00 bits per heavy atom. The molecule has 0 unspecified atom stereocenters. The number of nitrogens with one attached hydrogen (secondary N) is 2. The molecule has 0 radical (unpaired) electrons. The lowest BCUT2D eigenvalue weighted by Crippen LogP contribution is -2.10. The fourth-order valence-electron chi connectivity index (χ4n) is 2.62. The van der Waals surface area contributed by atoms with Crippen LogP contribution in [0.2, 0.25) is 0 Å². The maximum Gasteiger partial charge on any atom is 0.299 e. The van der Waals surface area contributed by atoms with E-state index in [-0.39, 0.29) is 10.7 Å². The minimum atomic E-state index is -2.76. The van der Waals surface area contributed by atoms with Gasteiger partial charge in [0, 0.05) is 0 Å². The average Bonchev–Trinajstić information content (AvgIpc) is 2.99. The number of aromatic nitrogens is 4. The second-order valence-electron chi connectivity index (χ2n) is 5.43. The summed E-state index contributed by atoms with van der Waals surface area (Å²) in [6.07, 6.45) is 1.57. The van der Waals surface area contributed by atoms with Crippen LogP contribution in [-0.4, -0.2) is 35.2 Å². The Hall–Kier alpha value is -2.68. The van der Waals surface area contributed by atoms with Gasteiger partial charge in [-0.1, -0.05) is 13.3 Å². The number of nitrogens with zero attached hydrogens (tertiary/aromatic N) is 2. The number of aromatic amines is 2. The van der Waals surface area contributed by atoms with Crippen LogP contribution in [0.4, 0.5) is 0 Å². The largest absolute Gasteiger partial charge is 0.493 e. The first-order valence-electron chi connectivity index (χ1n) is 7.94. The standard InChI is InChI=1S/C16H18N4O4S/c1-3-5-11-13-14(20-19-11)16(21)18-15(17-13)10-8-9(25(22)23)6-7-12(10)24-4-2/h6-8,25H,3-5H2,1-2H3,(H,19,20)(H,17,18,21). The highest BCUT2D eigenvalue weighted by molar-refractivity contribution is 7.72. The van der Waals surface area contributed by atoms with Gasteiger partial charge in [-0.05, 0) is 31.5 Å². The van der Waals surface area contributed by atoms with Gasteiger partial charge in [-0.15, -0.1) is 0 Å². The second kappa shape index (κ2) is 7.06. The minimum absolute atomic E-state index is 0.122. The monoisotopic (exact) mass is 362 g/mol. The molecule has 2 N–H and O–H groups in total. The van der Waals surface area contributed by atoms with Gasteiger partial charge in [0.15, 0.2) is 10.7 Å². The van der Waals surface area contributed by atoms with E-state index in [1.54, 1.807) is 6.07 Å². The van der Waals surface area contributed by atoms with Crippen molar-refractivity contribution in [3.8, 4) is 17.1 Å². The summed E-state index contributed by atoms with van der Waals surface area (Å²) >= 11 is 0. The Kier molecular flexibility index (Phi) is 4.84. The van der Waals surface area contributed by atoms with Crippen LogP contribution in [0.3, 0.4) is 0 Å². The number of hydrogen-bond acceptors (Lipinski definition) is 6. The molecular weight excluding hydrogens is 344 g/mol. The van der Waals surface area contributed by atoms with Crippen molar-refractivity contribution in [2.45, 2.75) is 31.6 Å². The van der Waals surface area contributed by atoms with Gasteiger partial charge in [0.05, 0.1) is 28.3 Å². The second-order valence-corrected chi connectivity index (χ2v) is 6.46. The number of aryl methyl sites for hydroxylation is 1. The summed E-state index contributed by atoms with van der Waals surface area (Å²) in [6, 6.07) is 4.46. The summed E-state index contributed by atoms with van der Waals surface area (Å²) in [7, 11) is -2.76. The van der Waals surface area contributed by atoms with Gasteiger partial charge in [-0.25, -0.2) is 8.42 Å². The Morgan fingerprint density at radius 3 is 2.68 bits per heavy atom. The molecule has 0 aliphatic carbocycles. The number of fused-ring (bicyclic) bond motifs is 1. The first-order valence-corrected chi connectivity index (χ1v) is 9.11. The fourth-order valence-corrected chi connectivity index (χ4v) is 3.05. The van der Waals surface area contributed by atoms with Gasteiger partial charge in [-0.3, -0.25) is 9.89 Å². The third-order valence-corrected chi connectivity index (χ3v) is 4.43. The number of benzene rings is 1. The van der Waals surface area contributed by atoms with E-state index in [9.17, 15) is 13.2 Å². The van der Waals surface area contributed by atoms with Gasteiger partial charge in [0.2, 0.25) is 0 Å². The molecule has 0 fully saturated rings. The molecule has 1 aromatic carbocycles. The van der Waals surface area contributed by atoms with Crippen molar-refractivity contribution in [1.29, 1.82) is 0 Å². The van der Waals surface area contributed by atoms with Crippen LogP contribution in [0.15, 0.2) is 27.9 Å². The van der Waals surface area contributed by atoms with Crippen molar-refractivity contribution in [1.82, 2.24) is 20.2 Å². The van der Waals surface area contributed by atoms with E-state index in [4.69, 9.17) is 4.74 Å². The summed E-state index contributed by atoms with van der Waals surface area (Å²) in [4.78, 5) is 19.6. The number of thiol groups is 1.